The summed E-state index contributed by atoms with van der Waals surface area (Å²) in [4.78, 5) is 14.5. The van der Waals surface area contributed by atoms with Crippen molar-refractivity contribution in [1.82, 2.24) is 19.5 Å². The van der Waals surface area contributed by atoms with Gasteiger partial charge in [0.05, 0.1) is 34.3 Å². The highest BCUT2D eigenvalue weighted by atomic mass is 15.1. The molecule has 0 N–H and O–H groups in total. The van der Waals surface area contributed by atoms with Crippen LogP contribution in [0.25, 0.3) is 72.2 Å². The molecule has 0 aliphatic rings. The molecule has 192 valence electrons. The summed E-state index contributed by atoms with van der Waals surface area (Å²) in [6.07, 6.45) is 3.75. The minimum Gasteiger partial charge on any atom is -0.292 e. The van der Waals surface area contributed by atoms with Crippen LogP contribution in [0.1, 0.15) is 0 Å². The Morgan fingerprint density at radius 3 is 2.00 bits per heavy atom. The molecule has 0 saturated heterocycles. The topological polar surface area (TPSA) is 43.6 Å². The minimum atomic E-state index is 0.826. The van der Waals surface area contributed by atoms with Crippen LogP contribution in [0.3, 0.4) is 0 Å². The van der Waals surface area contributed by atoms with Crippen molar-refractivity contribution in [3.63, 3.8) is 0 Å². The lowest BCUT2D eigenvalue weighted by Crippen LogP contribution is -1.99. The number of aromatic nitrogens is 4. The molecule has 0 atom stereocenters. The van der Waals surface area contributed by atoms with E-state index in [1.54, 1.807) is 0 Å². The molecule has 0 aliphatic heterocycles. The lowest BCUT2D eigenvalue weighted by Gasteiger charge is -2.10. The molecule has 8 rings (SSSR count). The Labute approximate surface area is 237 Å². The van der Waals surface area contributed by atoms with Gasteiger partial charge in [-0.3, -0.25) is 9.55 Å². The largest absolute Gasteiger partial charge is 0.292 e. The molecule has 0 radical (unpaired) electrons. The summed E-state index contributed by atoms with van der Waals surface area (Å²) in [7, 11) is 0. The Hall–Kier alpha value is -5.61. The lowest BCUT2D eigenvalue weighted by molar-refractivity contribution is 1.07. The van der Waals surface area contributed by atoms with Crippen molar-refractivity contribution in [2.75, 3.05) is 0 Å². The number of rotatable bonds is 4. The van der Waals surface area contributed by atoms with Gasteiger partial charge in [0.1, 0.15) is 5.82 Å². The predicted molar refractivity (Wildman–Crippen MR) is 168 cm³/mol. The van der Waals surface area contributed by atoms with Gasteiger partial charge in [-0.1, -0.05) is 97.1 Å². The fraction of sp³-hybridized carbons (Fsp3) is 0. The third kappa shape index (κ3) is 3.97. The van der Waals surface area contributed by atoms with Gasteiger partial charge in [0, 0.05) is 22.5 Å². The maximum atomic E-state index is 5.08. The second-order valence-electron chi connectivity index (χ2n) is 10.1. The van der Waals surface area contributed by atoms with Gasteiger partial charge in [0.2, 0.25) is 0 Å². The third-order valence-corrected chi connectivity index (χ3v) is 7.73. The Balaban J connectivity index is 1.17. The number of benzene rings is 4. The van der Waals surface area contributed by atoms with Gasteiger partial charge in [0.15, 0.2) is 0 Å². The molecule has 4 aromatic carbocycles. The fourth-order valence-corrected chi connectivity index (χ4v) is 5.79. The zero-order valence-corrected chi connectivity index (χ0v) is 22.1. The van der Waals surface area contributed by atoms with E-state index in [2.05, 4.69) is 119 Å². The quantitative estimate of drug-likeness (QED) is 0.231. The molecule has 0 fully saturated rings. The maximum Gasteiger partial charge on any atom is 0.138 e. The van der Waals surface area contributed by atoms with Gasteiger partial charge in [-0.05, 0) is 58.3 Å². The van der Waals surface area contributed by atoms with E-state index < -0.39 is 0 Å². The minimum absolute atomic E-state index is 0.826. The van der Waals surface area contributed by atoms with Crippen LogP contribution in [0.4, 0.5) is 0 Å². The molecule has 8 aromatic rings. The first-order valence-corrected chi connectivity index (χ1v) is 13.7. The summed E-state index contributed by atoms with van der Waals surface area (Å²) in [5.74, 6) is 0.841. The third-order valence-electron chi connectivity index (χ3n) is 7.73. The van der Waals surface area contributed by atoms with Gasteiger partial charge in [-0.25, -0.2) is 9.97 Å². The van der Waals surface area contributed by atoms with E-state index in [4.69, 9.17) is 9.97 Å². The van der Waals surface area contributed by atoms with Gasteiger partial charge < -0.3 is 0 Å². The average molecular weight is 525 g/mol. The van der Waals surface area contributed by atoms with Crippen molar-refractivity contribution in [1.29, 1.82) is 0 Å². The van der Waals surface area contributed by atoms with Crippen molar-refractivity contribution >= 4 is 32.6 Å². The second-order valence-corrected chi connectivity index (χ2v) is 10.1. The predicted octanol–water partition coefficient (Wildman–Crippen LogP) is 9.12. The van der Waals surface area contributed by atoms with Crippen LogP contribution in [0, 0.1) is 0 Å². The maximum absolute atomic E-state index is 5.08. The Bertz CT molecular complexity index is 2150. The van der Waals surface area contributed by atoms with Crippen LogP contribution in [-0.2, 0) is 0 Å². The standard InChI is InChI=1S/C37H24N4/c1-2-10-28-25(8-1)9-5-12-29(28)26-18-20-27(21-19-26)32-13-6-14-33(39-32)34-15-7-17-37(40-34)41-35-16-4-3-11-30(35)31-22-23-38-24-36(31)41/h1-24H. The molecule has 0 aliphatic carbocycles. The van der Waals surface area contributed by atoms with Crippen molar-refractivity contribution in [2.45, 2.75) is 0 Å². The second kappa shape index (κ2) is 9.54. The van der Waals surface area contributed by atoms with Crippen LogP contribution in [0.5, 0.6) is 0 Å². The molecule has 4 nitrogen and oxygen atoms in total. The van der Waals surface area contributed by atoms with Crippen molar-refractivity contribution < 1.29 is 0 Å². The number of hydrogen-bond acceptors (Lipinski definition) is 3. The molecular weight excluding hydrogens is 500 g/mol. The zero-order chi connectivity index (χ0) is 27.2. The van der Waals surface area contributed by atoms with E-state index in [-0.39, 0.29) is 0 Å². The summed E-state index contributed by atoms with van der Waals surface area (Å²) < 4.78 is 2.18. The van der Waals surface area contributed by atoms with Crippen LogP contribution in [0.15, 0.2) is 146 Å². The van der Waals surface area contributed by atoms with Crippen molar-refractivity contribution in [3.8, 4) is 39.6 Å². The summed E-state index contributed by atoms with van der Waals surface area (Å²) >= 11 is 0. The van der Waals surface area contributed by atoms with E-state index in [0.717, 1.165) is 44.9 Å². The van der Waals surface area contributed by atoms with E-state index in [1.807, 2.05) is 36.7 Å². The molecule has 0 unspecified atom stereocenters. The molecule has 4 heteroatoms. The highest BCUT2D eigenvalue weighted by molar-refractivity contribution is 6.08. The molecule has 0 amide bonds. The normalized spacial score (nSPS) is 11.4. The van der Waals surface area contributed by atoms with E-state index in [9.17, 15) is 0 Å². The molecule has 4 aromatic heterocycles. The smallest absolute Gasteiger partial charge is 0.138 e. The summed E-state index contributed by atoms with van der Waals surface area (Å²) in [5.41, 5.74) is 8.21. The summed E-state index contributed by atoms with van der Waals surface area (Å²) in [6, 6.07) is 46.3. The number of pyridine rings is 3. The molecule has 0 saturated carbocycles. The molecule has 41 heavy (non-hydrogen) atoms. The van der Waals surface area contributed by atoms with Gasteiger partial charge >= 0.3 is 0 Å². The van der Waals surface area contributed by atoms with E-state index in [1.165, 1.54) is 27.3 Å². The van der Waals surface area contributed by atoms with Crippen molar-refractivity contribution in [2.24, 2.45) is 0 Å². The van der Waals surface area contributed by atoms with E-state index in [0.29, 0.717) is 0 Å². The first-order valence-electron chi connectivity index (χ1n) is 13.7. The van der Waals surface area contributed by atoms with Crippen LogP contribution >= 0.6 is 0 Å². The monoisotopic (exact) mass is 524 g/mol. The molecule has 0 bridgehead atoms. The average Bonchev–Trinajstić information content (AvgIpc) is 3.39. The van der Waals surface area contributed by atoms with Gasteiger partial charge in [-0.2, -0.15) is 0 Å². The van der Waals surface area contributed by atoms with Gasteiger partial charge in [0.25, 0.3) is 0 Å². The number of nitrogens with zero attached hydrogens (tertiary/aromatic N) is 4. The number of para-hydroxylation sites is 1. The molecular formula is C37H24N4. The highest BCUT2D eigenvalue weighted by Gasteiger charge is 2.14. The van der Waals surface area contributed by atoms with E-state index >= 15 is 0 Å². The van der Waals surface area contributed by atoms with Crippen molar-refractivity contribution in [3.05, 3.63) is 146 Å². The zero-order valence-electron chi connectivity index (χ0n) is 22.1. The SMILES string of the molecule is c1cc(-c2ccc(-c3cccc4ccccc34)cc2)nc(-c2cccc(-n3c4ccccc4c4ccncc43)n2)c1. The lowest BCUT2D eigenvalue weighted by atomic mass is 9.97. The Kier molecular flexibility index (Phi) is 5.42. The molecule has 4 heterocycles. The highest BCUT2D eigenvalue weighted by Crippen LogP contribution is 2.33. The fourth-order valence-electron chi connectivity index (χ4n) is 5.79. The summed E-state index contributed by atoms with van der Waals surface area (Å²) in [5, 5.41) is 4.85. The number of hydrogen-bond donors (Lipinski definition) is 0. The Morgan fingerprint density at radius 2 is 1.10 bits per heavy atom. The van der Waals surface area contributed by atoms with Crippen LogP contribution < -0.4 is 0 Å². The summed E-state index contributed by atoms with van der Waals surface area (Å²) in [6.45, 7) is 0. The number of fused-ring (bicyclic) bond motifs is 4. The Morgan fingerprint density at radius 1 is 0.439 bits per heavy atom. The molecule has 0 spiro atoms. The first-order chi connectivity index (χ1) is 20.3. The van der Waals surface area contributed by atoms with Gasteiger partial charge in [-0.15, -0.1) is 0 Å². The van der Waals surface area contributed by atoms with Crippen LogP contribution in [-0.4, -0.2) is 19.5 Å². The first kappa shape index (κ1) is 23.3. The van der Waals surface area contributed by atoms with Crippen LogP contribution in [0.2, 0.25) is 0 Å².